The van der Waals surface area contributed by atoms with Gasteiger partial charge in [-0.25, -0.2) is 13.4 Å². The quantitative estimate of drug-likeness (QED) is 0.554. The van der Waals surface area contributed by atoms with Gasteiger partial charge in [-0.2, -0.15) is 4.31 Å². The van der Waals surface area contributed by atoms with Crippen molar-refractivity contribution >= 4 is 38.7 Å². The van der Waals surface area contributed by atoms with E-state index >= 15 is 0 Å². The fraction of sp³-hybridized carbons (Fsp3) is 0.619. The lowest BCUT2D eigenvalue weighted by Crippen LogP contribution is -2.48. The Morgan fingerprint density at radius 2 is 1.84 bits per heavy atom. The lowest BCUT2D eigenvalue weighted by atomic mass is 10.2. The predicted molar refractivity (Wildman–Crippen MR) is 123 cm³/mol. The highest BCUT2D eigenvalue weighted by Crippen LogP contribution is 2.27. The van der Waals surface area contributed by atoms with Crippen molar-refractivity contribution in [3.63, 3.8) is 0 Å². The van der Waals surface area contributed by atoms with Crippen molar-refractivity contribution in [2.45, 2.75) is 63.4 Å². The average Bonchev–Trinajstić information content (AvgIpc) is 3.08. The van der Waals surface area contributed by atoms with E-state index in [0.29, 0.717) is 38.2 Å². The van der Waals surface area contributed by atoms with Gasteiger partial charge in [0.15, 0.2) is 5.16 Å². The van der Waals surface area contributed by atoms with Crippen LogP contribution in [-0.4, -0.2) is 77.2 Å². The first-order valence-electron chi connectivity index (χ1n) is 10.8. The number of aryl methyl sites for hydroxylation is 1. The Kier molecular flexibility index (Phi) is 7.67. The molecule has 31 heavy (non-hydrogen) atoms. The molecule has 172 valence electrons. The van der Waals surface area contributed by atoms with E-state index in [1.165, 1.54) is 16.1 Å². The molecular weight excluding hydrogens is 436 g/mol. The Morgan fingerprint density at radius 1 is 1.19 bits per heavy atom. The Hall–Kier alpha value is -1.62. The molecule has 8 nitrogen and oxygen atoms in total. The van der Waals surface area contributed by atoms with Crippen molar-refractivity contribution in [2.24, 2.45) is 0 Å². The first kappa shape index (κ1) is 24.0. The Labute approximate surface area is 189 Å². The van der Waals surface area contributed by atoms with Gasteiger partial charge in [0.1, 0.15) is 0 Å². The summed E-state index contributed by atoms with van der Waals surface area (Å²) >= 11 is 1.39. The number of hydrogen-bond acceptors (Lipinski definition) is 6. The summed E-state index contributed by atoms with van der Waals surface area (Å²) in [6, 6.07) is 5.08. The number of rotatable bonds is 8. The topological polar surface area (TPSA) is 84.7 Å². The zero-order valence-corrected chi connectivity index (χ0v) is 20.5. The van der Waals surface area contributed by atoms with Crippen LogP contribution in [0.15, 0.2) is 28.3 Å². The minimum absolute atomic E-state index is 0.0316. The molecule has 3 rings (SSSR count). The van der Waals surface area contributed by atoms with Crippen LogP contribution in [0.2, 0.25) is 0 Å². The summed E-state index contributed by atoms with van der Waals surface area (Å²) in [5.74, 6) is 0.347. The maximum absolute atomic E-state index is 12.9. The molecule has 0 unspecified atom stereocenters. The lowest BCUT2D eigenvalue weighted by molar-refractivity contribution is -0.140. The number of thioether (sulfide) groups is 1. The van der Waals surface area contributed by atoms with E-state index < -0.39 is 10.0 Å². The second-order valence-corrected chi connectivity index (χ2v) is 10.6. The van der Waals surface area contributed by atoms with E-state index in [1.807, 2.05) is 44.1 Å². The van der Waals surface area contributed by atoms with Gasteiger partial charge in [0.2, 0.25) is 15.9 Å². The van der Waals surface area contributed by atoms with Gasteiger partial charge in [0.05, 0.1) is 33.9 Å². The molecule has 1 amide bonds. The minimum Gasteiger partial charge on any atom is -0.372 e. The van der Waals surface area contributed by atoms with Crippen LogP contribution in [-0.2, 0) is 26.1 Å². The number of carbonyl (C=O) groups excluding carboxylic acids is 1. The summed E-state index contributed by atoms with van der Waals surface area (Å²) in [4.78, 5) is 19.5. The van der Waals surface area contributed by atoms with Gasteiger partial charge in [-0.1, -0.05) is 25.6 Å². The molecule has 0 spiro atoms. The molecule has 1 fully saturated rings. The van der Waals surface area contributed by atoms with Gasteiger partial charge < -0.3 is 14.2 Å². The molecule has 1 aliphatic rings. The zero-order chi connectivity index (χ0) is 22.8. The van der Waals surface area contributed by atoms with Crippen LogP contribution in [0.4, 0.5) is 0 Å². The van der Waals surface area contributed by atoms with Crippen molar-refractivity contribution in [2.75, 3.05) is 31.9 Å². The number of aromatic nitrogens is 2. The number of benzene rings is 1. The normalized spacial score (nSPS) is 20.0. The van der Waals surface area contributed by atoms with Crippen LogP contribution >= 0.6 is 11.8 Å². The molecule has 2 aromatic rings. The fourth-order valence-corrected chi connectivity index (χ4v) is 6.44. The average molecular weight is 469 g/mol. The Balaban J connectivity index is 1.82. The number of imidazole rings is 1. The Bertz CT molecular complexity index is 1020. The van der Waals surface area contributed by atoms with Crippen LogP contribution in [0, 0.1) is 0 Å². The van der Waals surface area contributed by atoms with Gasteiger partial charge in [-0.05, 0) is 39.0 Å². The molecule has 1 aromatic heterocycles. The number of ether oxygens (including phenoxy) is 1. The third-order valence-electron chi connectivity index (χ3n) is 5.44. The van der Waals surface area contributed by atoms with Crippen molar-refractivity contribution < 1.29 is 17.9 Å². The number of nitrogens with zero attached hydrogens (tertiary/aromatic N) is 4. The van der Waals surface area contributed by atoms with Gasteiger partial charge in [0.25, 0.3) is 0 Å². The van der Waals surface area contributed by atoms with E-state index in [2.05, 4.69) is 4.98 Å². The maximum atomic E-state index is 12.9. The highest BCUT2D eigenvalue weighted by Gasteiger charge is 2.27. The second-order valence-electron chi connectivity index (χ2n) is 7.72. The minimum atomic E-state index is -3.55. The number of sulfonamides is 1. The van der Waals surface area contributed by atoms with Crippen molar-refractivity contribution in [3.8, 4) is 0 Å². The van der Waals surface area contributed by atoms with Crippen molar-refractivity contribution in [1.82, 2.24) is 18.8 Å². The number of fused-ring (bicyclic) bond motifs is 1. The summed E-state index contributed by atoms with van der Waals surface area (Å²) in [7, 11) is -3.55. The van der Waals surface area contributed by atoms with Crippen LogP contribution in [0.25, 0.3) is 11.0 Å². The molecule has 1 saturated heterocycles. The third-order valence-corrected chi connectivity index (χ3v) is 8.45. The van der Waals surface area contributed by atoms with E-state index in [9.17, 15) is 13.2 Å². The van der Waals surface area contributed by atoms with E-state index in [1.54, 1.807) is 18.2 Å². The standard InChI is InChI=1S/C21H32N4O4S2/c1-6-24(7-2)31(27,28)17-9-10-19-18(11-17)22-21(25(19)8-3)30-14-20(26)23-12-15(4)29-16(5)13-23/h9-11,15-16H,6-8,12-14H2,1-5H3/t15-,16-/m0/s1. The smallest absolute Gasteiger partial charge is 0.243 e. The van der Waals surface area contributed by atoms with Gasteiger partial charge in [-0.15, -0.1) is 0 Å². The molecule has 0 saturated carbocycles. The fourth-order valence-electron chi connectivity index (χ4n) is 3.98. The molecule has 10 heteroatoms. The number of hydrogen-bond donors (Lipinski definition) is 0. The first-order chi connectivity index (χ1) is 14.7. The maximum Gasteiger partial charge on any atom is 0.243 e. The second kappa shape index (κ2) is 9.89. The molecule has 1 aromatic carbocycles. The molecule has 0 radical (unpaired) electrons. The predicted octanol–water partition coefficient (Wildman–Crippen LogP) is 2.81. The van der Waals surface area contributed by atoms with E-state index in [-0.39, 0.29) is 28.8 Å². The summed E-state index contributed by atoms with van der Waals surface area (Å²) < 4.78 is 34.9. The highest BCUT2D eigenvalue weighted by molar-refractivity contribution is 7.99. The van der Waals surface area contributed by atoms with Gasteiger partial charge in [0, 0.05) is 32.7 Å². The monoisotopic (exact) mass is 468 g/mol. The first-order valence-corrected chi connectivity index (χ1v) is 13.2. The molecule has 2 heterocycles. The van der Waals surface area contributed by atoms with Gasteiger partial charge >= 0.3 is 0 Å². The summed E-state index contributed by atoms with van der Waals surface area (Å²) in [6.07, 6.45) is 0.0631. The summed E-state index contributed by atoms with van der Waals surface area (Å²) in [5.41, 5.74) is 1.49. The number of amides is 1. The van der Waals surface area contributed by atoms with Crippen molar-refractivity contribution in [3.05, 3.63) is 18.2 Å². The van der Waals surface area contributed by atoms with Crippen LogP contribution in [0.1, 0.15) is 34.6 Å². The zero-order valence-electron chi connectivity index (χ0n) is 18.9. The molecular formula is C21H32N4O4S2. The van der Waals surface area contributed by atoms with Crippen LogP contribution < -0.4 is 0 Å². The van der Waals surface area contributed by atoms with E-state index in [4.69, 9.17) is 4.74 Å². The molecule has 0 bridgehead atoms. The summed E-state index contributed by atoms with van der Waals surface area (Å²) in [5, 5.41) is 0.720. The summed E-state index contributed by atoms with van der Waals surface area (Å²) in [6.45, 7) is 12.3. The molecule has 1 aliphatic heterocycles. The number of carbonyl (C=O) groups is 1. The van der Waals surface area contributed by atoms with Crippen molar-refractivity contribution in [1.29, 1.82) is 0 Å². The largest absolute Gasteiger partial charge is 0.372 e. The SMILES string of the molecule is CCN(CC)S(=O)(=O)c1ccc2c(c1)nc(SCC(=O)N1C[C@H](C)O[C@@H](C)C1)n2CC. The molecule has 0 N–H and O–H groups in total. The van der Waals surface area contributed by atoms with Crippen LogP contribution in [0.3, 0.4) is 0 Å². The lowest BCUT2D eigenvalue weighted by Gasteiger charge is -2.35. The molecule has 0 aliphatic carbocycles. The highest BCUT2D eigenvalue weighted by atomic mass is 32.2. The van der Waals surface area contributed by atoms with Crippen LogP contribution in [0.5, 0.6) is 0 Å². The Morgan fingerprint density at radius 3 is 2.42 bits per heavy atom. The van der Waals surface area contributed by atoms with Gasteiger partial charge in [-0.3, -0.25) is 4.79 Å². The number of morpholine rings is 1. The molecule has 2 atom stereocenters. The third kappa shape index (κ3) is 5.08. The van der Waals surface area contributed by atoms with E-state index in [0.717, 1.165) is 10.7 Å².